The Hall–Kier alpha value is -1.57. The molecule has 1 unspecified atom stereocenters. The van der Waals surface area contributed by atoms with E-state index >= 15 is 0 Å². The van der Waals surface area contributed by atoms with Crippen molar-refractivity contribution in [1.82, 2.24) is 0 Å². The van der Waals surface area contributed by atoms with E-state index in [0.717, 1.165) is 36.1 Å². The first-order valence-corrected chi connectivity index (χ1v) is 6.67. The second kappa shape index (κ2) is 5.85. The Morgan fingerprint density at radius 1 is 1.33 bits per heavy atom. The molecule has 1 aliphatic carbocycles. The zero-order chi connectivity index (χ0) is 13.0. The number of ketones is 1. The van der Waals surface area contributed by atoms with Crippen LogP contribution < -0.4 is 4.74 Å². The van der Waals surface area contributed by atoms with Crippen molar-refractivity contribution in [3.05, 3.63) is 41.5 Å². The molecule has 0 aromatic heterocycles. The van der Waals surface area contributed by atoms with Crippen molar-refractivity contribution in [2.24, 2.45) is 5.92 Å². The fourth-order valence-electron chi connectivity index (χ4n) is 2.23. The molecule has 0 bridgehead atoms. The number of hydrogen-bond donors (Lipinski definition) is 0. The van der Waals surface area contributed by atoms with Gasteiger partial charge in [0.2, 0.25) is 0 Å². The van der Waals surface area contributed by atoms with Crippen LogP contribution in [0.15, 0.2) is 35.9 Å². The van der Waals surface area contributed by atoms with Crippen LogP contribution in [0.2, 0.25) is 0 Å². The molecular weight excluding hydrogens is 224 g/mol. The Labute approximate surface area is 109 Å². The van der Waals surface area contributed by atoms with Gasteiger partial charge in [0.15, 0.2) is 5.78 Å². The molecular formula is C16H20O2. The monoisotopic (exact) mass is 244 g/mol. The van der Waals surface area contributed by atoms with E-state index in [4.69, 9.17) is 4.74 Å². The average molecular weight is 244 g/mol. The summed E-state index contributed by atoms with van der Waals surface area (Å²) in [7, 11) is 0. The summed E-state index contributed by atoms with van der Waals surface area (Å²) in [6.45, 7) is 4.83. The Morgan fingerprint density at radius 3 is 2.61 bits per heavy atom. The van der Waals surface area contributed by atoms with Gasteiger partial charge in [-0.1, -0.05) is 13.0 Å². The van der Waals surface area contributed by atoms with E-state index in [2.05, 4.69) is 13.0 Å². The predicted octanol–water partition coefficient (Wildman–Crippen LogP) is 4.01. The normalized spacial score (nSPS) is 19.2. The van der Waals surface area contributed by atoms with Gasteiger partial charge in [0.1, 0.15) is 5.75 Å². The molecule has 0 spiro atoms. The lowest BCUT2D eigenvalue weighted by atomic mass is 9.87. The molecule has 0 amide bonds. The first kappa shape index (κ1) is 12.9. The number of Topliss-reactive ketones (excluding diaryl/α,β-unsaturated/α-hetero) is 1. The number of rotatable bonds is 4. The molecule has 0 N–H and O–H groups in total. The van der Waals surface area contributed by atoms with Gasteiger partial charge in [0.05, 0.1) is 6.61 Å². The summed E-state index contributed by atoms with van der Waals surface area (Å²) in [4.78, 5) is 12.3. The van der Waals surface area contributed by atoms with Crippen LogP contribution in [-0.2, 0) is 0 Å². The summed E-state index contributed by atoms with van der Waals surface area (Å²) in [6.07, 6.45) is 5.16. The molecule has 2 rings (SSSR count). The Morgan fingerprint density at radius 2 is 2.06 bits per heavy atom. The lowest BCUT2D eigenvalue weighted by Crippen LogP contribution is -2.10. The molecule has 18 heavy (non-hydrogen) atoms. The van der Waals surface area contributed by atoms with Gasteiger partial charge in [-0.25, -0.2) is 0 Å². The first-order valence-electron chi connectivity index (χ1n) is 6.67. The second-order valence-corrected chi connectivity index (χ2v) is 4.90. The van der Waals surface area contributed by atoms with Crippen LogP contribution in [-0.4, -0.2) is 12.4 Å². The highest BCUT2D eigenvalue weighted by molar-refractivity contribution is 6.08. The van der Waals surface area contributed by atoms with Crippen molar-refractivity contribution < 1.29 is 9.53 Å². The van der Waals surface area contributed by atoms with E-state index in [9.17, 15) is 4.79 Å². The predicted molar refractivity (Wildman–Crippen MR) is 73.0 cm³/mol. The second-order valence-electron chi connectivity index (χ2n) is 4.90. The van der Waals surface area contributed by atoms with Gasteiger partial charge in [-0.3, -0.25) is 4.79 Å². The number of ether oxygens (including phenoxy) is 1. The minimum atomic E-state index is 0.171. The maximum absolute atomic E-state index is 12.3. The van der Waals surface area contributed by atoms with E-state index in [1.54, 1.807) is 0 Å². The number of carbonyl (C=O) groups is 1. The number of carbonyl (C=O) groups excluding carboxylic acids is 1. The van der Waals surface area contributed by atoms with Crippen LogP contribution >= 0.6 is 0 Å². The van der Waals surface area contributed by atoms with Crippen LogP contribution in [0.5, 0.6) is 5.75 Å². The molecule has 2 nitrogen and oxygen atoms in total. The maximum atomic E-state index is 12.3. The molecule has 1 aromatic carbocycles. The SMILES string of the molecule is CCOc1ccc(C(=O)C2=CCC(C)CC2)cc1. The van der Waals surface area contributed by atoms with E-state index in [1.165, 1.54) is 0 Å². The highest BCUT2D eigenvalue weighted by Crippen LogP contribution is 2.26. The van der Waals surface area contributed by atoms with Gasteiger partial charge in [0, 0.05) is 5.56 Å². The minimum Gasteiger partial charge on any atom is -0.494 e. The van der Waals surface area contributed by atoms with Crippen LogP contribution in [0.3, 0.4) is 0 Å². The Balaban J connectivity index is 2.09. The quantitative estimate of drug-likeness (QED) is 0.748. The van der Waals surface area contributed by atoms with E-state index in [0.29, 0.717) is 12.5 Å². The topological polar surface area (TPSA) is 26.3 Å². The molecule has 0 fully saturated rings. The highest BCUT2D eigenvalue weighted by atomic mass is 16.5. The average Bonchev–Trinajstić information content (AvgIpc) is 2.40. The number of allylic oxidation sites excluding steroid dienone is 2. The van der Waals surface area contributed by atoms with Gasteiger partial charge in [-0.15, -0.1) is 0 Å². The summed E-state index contributed by atoms with van der Waals surface area (Å²) in [6, 6.07) is 7.43. The van der Waals surface area contributed by atoms with Crippen molar-refractivity contribution in [3.8, 4) is 5.75 Å². The standard InChI is InChI=1S/C16H20O2/c1-3-18-15-10-8-14(9-11-15)16(17)13-6-4-12(2)5-7-13/h6,8-12H,3-5,7H2,1-2H3. The first-order chi connectivity index (χ1) is 8.70. The van der Waals surface area contributed by atoms with Crippen LogP contribution in [0.25, 0.3) is 0 Å². The highest BCUT2D eigenvalue weighted by Gasteiger charge is 2.17. The summed E-state index contributed by atoms with van der Waals surface area (Å²) < 4.78 is 5.37. The Kier molecular flexibility index (Phi) is 4.19. The van der Waals surface area contributed by atoms with Crippen molar-refractivity contribution in [1.29, 1.82) is 0 Å². The molecule has 0 saturated heterocycles. The minimum absolute atomic E-state index is 0.171. The molecule has 1 aliphatic rings. The zero-order valence-corrected chi connectivity index (χ0v) is 11.1. The lowest BCUT2D eigenvalue weighted by molar-refractivity contribution is 0.102. The zero-order valence-electron chi connectivity index (χ0n) is 11.1. The largest absolute Gasteiger partial charge is 0.494 e. The van der Waals surface area contributed by atoms with Crippen LogP contribution in [0.1, 0.15) is 43.5 Å². The van der Waals surface area contributed by atoms with Crippen molar-refractivity contribution in [2.45, 2.75) is 33.1 Å². The molecule has 0 saturated carbocycles. The van der Waals surface area contributed by atoms with Gasteiger partial charge in [-0.05, 0) is 61.9 Å². The van der Waals surface area contributed by atoms with E-state index in [1.807, 2.05) is 31.2 Å². The third kappa shape index (κ3) is 3.00. The molecule has 2 heteroatoms. The van der Waals surface area contributed by atoms with Crippen LogP contribution in [0.4, 0.5) is 0 Å². The van der Waals surface area contributed by atoms with Crippen molar-refractivity contribution in [3.63, 3.8) is 0 Å². The molecule has 0 heterocycles. The summed E-state index contributed by atoms with van der Waals surface area (Å²) in [5, 5.41) is 0. The van der Waals surface area contributed by atoms with E-state index < -0.39 is 0 Å². The van der Waals surface area contributed by atoms with Gasteiger partial charge in [0.25, 0.3) is 0 Å². The summed E-state index contributed by atoms with van der Waals surface area (Å²) in [5.74, 6) is 1.70. The Bertz CT molecular complexity index is 443. The molecule has 0 radical (unpaired) electrons. The third-order valence-electron chi connectivity index (χ3n) is 3.39. The summed E-state index contributed by atoms with van der Waals surface area (Å²) in [5.41, 5.74) is 1.73. The van der Waals surface area contributed by atoms with E-state index in [-0.39, 0.29) is 5.78 Å². The maximum Gasteiger partial charge on any atom is 0.188 e. The van der Waals surface area contributed by atoms with Crippen LogP contribution in [0, 0.1) is 5.92 Å². The van der Waals surface area contributed by atoms with Gasteiger partial charge < -0.3 is 4.74 Å². The number of benzene rings is 1. The lowest BCUT2D eigenvalue weighted by Gasteiger charge is -2.17. The smallest absolute Gasteiger partial charge is 0.188 e. The van der Waals surface area contributed by atoms with Crippen molar-refractivity contribution >= 4 is 5.78 Å². The van der Waals surface area contributed by atoms with Gasteiger partial charge >= 0.3 is 0 Å². The van der Waals surface area contributed by atoms with Gasteiger partial charge in [-0.2, -0.15) is 0 Å². The summed E-state index contributed by atoms with van der Waals surface area (Å²) >= 11 is 0. The molecule has 1 atom stereocenters. The molecule has 1 aromatic rings. The van der Waals surface area contributed by atoms with Crippen molar-refractivity contribution in [2.75, 3.05) is 6.61 Å². The molecule has 0 aliphatic heterocycles. The fraction of sp³-hybridized carbons (Fsp3) is 0.438. The third-order valence-corrected chi connectivity index (χ3v) is 3.39. The number of hydrogen-bond acceptors (Lipinski definition) is 2. The molecule has 96 valence electrons. The fourth-order valence-corrected chi connectivity index (χ4v) is 2.23.